The summed E-state index contributed by atoms with van der Waals surface area (Å²) in [6.45, 7) is 5.49. The highest BCUT2D eigenvalue weighted by Gasteiger charge is 2.30. The van der Waals surface area contributed by atoms with Crippen molar-refractivity contribution in [3.05, 3.63) is 0 Å². The predicted octanol–water partition coefficient (Wildman–Crippen LogP) is 2.31. The number of hydrogen-bond acceptors (Lipinski definition) is 1. The van der Waals surface area contributed by atoms with E-state index in [-0.39, 0.29) is 0 Å². The molecule has 0 amide bonds. The molecule has 0 bridgehead atoms. The first-order chi connectivity index (χ1) is 5.74. The molecule has 2 unspecified atom stereocenters. The van der Waals surface area contributed by atoms with Crippen LogP contribution in [0.4, 0.5) is 0 Å². The van der Waals surface area contributed by atoms with Crippen molar-refractivity contribution in [2.24, 2.45) is 17.6 Å². The summed E-state index contributed by atoms with van der Waals surface area (Å²) in [6, 6.07) is 0. The van der Waals surface area contributed by atoms with Crippen LogP contribution in [0.1, 0.15) is 33.1 Å². The molecule has 0 spiro atoms. The fraction of sp³-hybridized carbons (Fsp3) is 1.00. The van der Waals surface area contributed by atoms with Gasteiger partial charge in [-0.15, -0.1) is 0 Å². The van der Waals surface area contributed by atoms with Crippen molar-refractivity contribution in [3.63, 3.8) is 0 Å². The van der Waals surface area contributed by atoms with Crippen molar-refractivity contribution in [2.75, 3.05) is 6.54 Å². The van der Waals surface area contributed by atoms with Crippen molar-refractivity contribution in [2.45, 2.75) is 45.2 Å². The van der Waals surface area contributed by atoms with Crippen LogP contribution in [-0.4, -0.2) is 13.8 Å². The maximum atomic E-state index is 5.49. The van der Waals surface area contributed by atoms with Gasteiger partial charge in [-0.3, -0.25) is 0 Å². The van der Waals surface area contributed by atoms with Crippen molar-refractivity contribution in [1.29, 1.82) is 0 Å². The van der Waals surface area contributed by atoms with Crippen LogP contribution in [0.15, 0.2) is 0 Å². The zero-order chi connectivity index (χ0) is 8.97. The number of rotatable bonds is 5. The lowest BCUT2D eigenvalue weighted by atomic mass is 9.40. The molecule has 0 saturated carbocycles. The van der Waals surface area contributed by atoms with E-state index in [0.717, 1.165) is 24.2 Å². The molecular formula is C10H21BN. The lowest BCUT2D eigenvalue weighted by Gasteiger charge is -2.37. The Balaban J connectivity index is 2.11. The minimum absolute atomic E-state index is 0.854. The van der Waals surface area contributed by atoms with Gasteiger partial charge in [-0.1, -0.05) is 44.7 Å². The van der Waals surface area contributed by atoms with E-state index in [1.54, 1.807) is 0 Å². The highest BCUT2D eigenvalue weighted by Crippen LogP contribution is 2.41. The third kappa shape index (κ3) is 2.82. The second-order valence-corrected chi connectivity index (χ2v) is 4.46. The molecule has 1 heterocycles. The molecule has 0 aliphatic carbocycles. The van der Waals surface area contributed by atoms with Crippen molar-refractivity contribution >= 4 is 7.28 Å². The fourth-order valence-corrected chi connectivity index (χ4v) is 2.07. The van der Waals surface area contributed by atoms with E-state index in [9.17, 15) is 0 Å². The van der Waals surface area contributed by atoms with Gasteiger partial charge in [0.15, 0.2) is 0 Å². The number of nitrogens with two attached hydrogens (primary N) is 1. The Morgan fingerprint density at radius 3 is 2.67 bits per heavy atom. The van der Waals surface area contributed by atoms with Gasteiger partial charge in [0, 0.05) is 0 Å². The zero-order valence-corrected chi connectivity index (χ0v) is 8.42. The van der Waals surface area contributed by atoms with Crippen LogP contribution in [0.2, 0.25) is 12.1 Å². The van der Waals surface area contributed by atoms with Crippen LogP contribution in [0.5, 0.6) is 0 Å². The van der Waals surface area contributed by atoms with E-state index in [4.69, 9.17) is 5.73 Å². The van der Waals surface area contributed by atoms with E-state index < -0.39 is 0 Å². The smallest absolute Gasteiger partial charge is 0.114 e. The molecule has 1 radical (unpaired) electrons. The largest absolute Gasteiger partial charge is 0.330 e. The van der Waals surface area contributed by atoms with Crippen LogP contribution in [0, 0.1) is 11.8 Å². The van der Waals surface area contributed by atoms with Crippen molar-refractivity contribution in [1.82, 2.24) is 0 Å². The van der Waals surface area contributed by atoms with Gasteiger partial charge in [0.25, 0.3) is 0 Å². The maximum absolute atomic E-state index is 5.49. The van der Waals surface area contributed by atoms with Crippen LogP contribution >= 0.6 is 0 Å². The first-order valence-corrected chi connectivity index (χ1v) is 5.27. The van der Waals surface area contributed by atoms with Crippen LogP contribution in [0.3, 0.4) is 0 Å². The summed E-state index contributed by atoms with van der Waals surface area (Å²) >= 11 is 0. The summed E-state index contributed by atoms with van der Waals surface area (Å²) in [6.07, 6.45) is 5.30. The lowest BCUT2D eigenvalue weighted by molar-refractivity contribution is 0.380. The molecule has 1 aliphatic rings. The molecule has 0 aromatic heterocycles. The average Bonchev–Trinajstić information content (AvgIpc) is 1.99. The SMILES string of the molecule is CC(C)CC1[B]CC1CCCN. The lowest BCUT2D eigenvalue weighted by Crippen LogP contribution is -2.29. The van der Waals surface area contributed by atoms with Gasteiger partial charge in [0.2, 0.25) is 0 Å². The predicted molar refractivity (Wildman–Crippen MR) is 55.5 cm³/mol. The molecule has 2 heteroatoms. The molecular weight excluding hydrogens is 145 g/mol. The molecule has 2 atom stereocenters. The summed E-state index contributed by atoms with van der Waals surface area (Å²) < 4.78 is 0. The molecule has 1 aliphatic heterocycles. The molecule has 69 valence electrons. The van der Waals surface area contributed by atoms with Crippen LogP contribution in [0.25, 0.3) is 0 Å². The molecule has 1 nitrogen and oxygen atoms in total. The van der Waals surface area contributed by atoms with Crippen LogP contribution < -0.4 is 5.73 Å². The summed E-state index contributed by atoms with van der Waals surface area (Å²) in [5.41, 5.74) is 5.49. The minimum Gasteiger partial charge on any atom is -0.330 e. The zero-order valence-electron chi connectivity index (χ0n) is 8.42. The summed E-state index contributed by atoms with van der Waals surface area (Å²) in [4.78, 5) is 0. The topological polar surface area (TPSA) is 26.0 Å². The van der Waals surface area contributed by atoms with Gasteiger partial charge in [0.1, 0.15) is 7.28 Å². The Kier molecular flexibility index (Phi) is 4.13. The molecule has 2 N–H and O–H groups in total. The fourth-order valence-electron chi connectivity index (χ4n) is 2.07. The van der Waals surface area contributed by atoms with Crippen molar-refractivity contribution < 1.29 is 0 Å². The monoisotopic (exact) mass is 166 g/mol. The second kappa shape index (κ2) is 4.91. The second-order valence-electron chi connectivity index (χ2n) is 4.46. The Bertz CT molecular complexity index is 125. The minimum atomic E-state index is 0.854. The molecule has 1 saturated heterocycles. The summed E-state index contributed by atoms with van der Waals surface area (Å²) in [5.74, 6) is 2.74. The van der Waals surface area contributed by atoms with Crippen LogP contribution in [-0.2, 0) is 0 Å². The van der Waals surface area contributed by atoms with Gasteiger partial charge in [-0.2, -0.15) is 0 Å². The standard InChI is InChI=1S/C10H21BN/c1-8(2)6-10-9(7-11-10)4-3-5-12/h8-10H,3-7,12H2,1-2H3. The Hall–Kier alpha value is 0.0249. The maximum Gasteiger partial charge on any atom is 0.114 e. The number of hydrogen-bond donors (Lipinski definition) is 1. The van der Waals surface area contributed by atoms with Gasteiger partial charge in [-0.05, 0) is 18.9 Å². The Morgan fingerprint density at radius 1 is 1.50 bits per heavy atom. The average molecular weight is 166 g/mol. The third-order valence-corrected chi connectivity index (χ3v) is 2.87. The van der Waals surface area contributed by atoms with E-state index in [2.05, 4.69) is 21.1 Å². The Labute approximate surface area is 77.3 Å². The molecule has 1 fully saturated rings. The van der Waals surface area contributed by atoms with E-state index in [0.29, 0.717) is 0 Å². The van der Waals surface area contributed by atoms with Gasteiger partial charge < -0.3 is 5.73 Å². The normalized spacial score (nSPS) is 28.3. The molecule has 0 aromatic carbocycles. The van der Waals surface area contributed by atoms with E-state index in [1.807, 2.05) is 0 Å². The van der Waals surface area contributed by atoms with Gasteiger partial charge in [-0.25, -0.2) is 0 Å². The van der Waals surface area contributed by atoms with E-state index in [1.165, 1.54) is 25.6 Å². The molecule has 1 rings (SSSR count). The molecule has 12 heavy (non-hydrogen) atoms. The summed E-state index contributed by atoms with van der Waals surface area (Å²) in [5, 5.41) is 0. The molecule has 0 aromatic rings. The van der Waals surface area contributed by atoms with Gasteiger partial charge in [0.05, 0.1) is 0 Å². The third-order valence-electron chi connectivity index (χ3n) is 2.87. The van der Waals surface area contributed by atoms with Gasteiger partial charge >= 0.3 is 0 Å². The first kappa shape index (κ1) is 10.1. The Morgan fingerprint density at radius 2 is 2.25 bits per heavy atom. The van der Waals surface area contributed by atoms with Crippen molar-refractivity contribution in [3.8, 4) is 0 Å². The summed E-state index contributed by atoms with van der Waals surface area (Å²) in [7, 11) is 2.49. The quantitative estimate of drug-likeness (QED) is 0.623. The first-order valence-electron chi connectivity index (χ1n) is 5.27. The van der Waals surface area contributed by atoms with E-state index >= 15 is 0 Å². The highest BCUT2D eigenvalue weighted by molar-refractivity contribution is 6.41. The highest BCUT2D eigenvalue weighted by atomic mass is 14.5.